The first-order valence-corrected chi connectivity index (χ1v) is 10.8. The van der Waals surface area contributed by atoms with Crippen LogP contribution in [0.15, 0.2) is 42.6 Å². The lowest BCUT2D eigenvalue weighted by Crippen LogP contribution is -2.18. The number of nitro groups is 1. The lowest BCUT2D eigenvalue weighted by Gasteiger charge is -2.17. The molecule has 0 atom stereocenters. The molecule has 0 bridgehead atoms. The fraction of sp³-hybridized carbons (Fsp3) is 0.200. The molecule has 0 unspecified atom stereocenters. The monoisotopic (exact) mass is 489 g/mol. The zero-order valence-corrected chi connectivity index (χ0v) is 19.5. The summed E-state index contributed by atoms with van der Waals surface area (Å²) < 4.78 is 16.8. The maximum absolute atomic E-state index is 11.6. The molecule has 14 heteroatoms. The zero-order valence-electron chi connectivity index (χ0n) is 18.7. The molecule has 0 saturated heterocycles. The van der Waals surface area contributed by atoms with Gasteiger partial charge in [-0.2, -0.15) is 4.98 Å². The summed E-state index contributed by atoms with van der Waals surface area (Å²) in [6.45, 7) is 0. The summed E-state index contributed by atoms with van der Waals surface area (Å²) in [6.07, 6.45) is 2.76. The van der Waals surface area contributed by atoms with Gasteiger partial charge in [-0.1, -0.05) is 12.1 Å². The molecule has 1 aromatic heterocycles. The van der Waals surface area contributed by atoms with E-state index < -0.39 is 4.92 Å². The van der Waals surface area contributed by atoms with Gasteiger partial charge >= 0.3 is 5.69 Å². The quantitative estimate of drug-likeness (QED) is 0.173. The van der Waals surface area contributed by atoms with Crippen LogP contribution in [-0.2, 0) is 0 Å². The number of benzene rings is 2. The largest absolute Gasteiger partial charge is 0.493 e. The number of anilines is 5. The van der Waals surface area contributed by atoms with E-state index in [1.165, 1.54) is 21.3 Å². The molecule has 0 spiro atoms. The predicted molar refractivity (Wildman–Crippen MR) is 129 cm³/mol. The van der Waals surface area contributed by atoms with Gasteiger partial charge in [-0.15, -0.1) is 0 Å². The van der Waals surface area contributed by atoms with Crippen LogP contribution < -0.4 is 30.3 Å². The van der Waals surface area contributed by atoms with E-state index >= 15 is 0 Å². The Bertz CT molecular complexity index is 1140. The van der Waals surface area contributed by atoms with E-state index in [4.69, 9.17) is 14.2 Å². The highest BCUT2D eigenvalue weighted by Gasteiger charge is 2.20. The summed E-state index contributed by atoms with van der Waals surface area (Å²) in [4.78, 5) is 19.3. The first-order chi connectivity index (χ1) is 16.4. The Kier molecular flexibility index (Phi) is 8.13. The zero-order chi connectivity index (χ0) is 24.7. The molecule has 0 aliphatic heterocycles. The topological polar surface area (TPSA) is 156 Å². The fourth-order valence-electron chi connectivity index (χ4n) is 2.91. The van der Waals surface area contributed by atoms with Crippen molar-refractivity contribution >= 4 is 46.5 Å². The number of nitrogens with zero attached hydrogens (tertiary/aromatic N) is 4. The van der Waals surface area contributed by atoms with Gasteiger partial charge in [0.1, 0.15) is 6.20 Å². The number of nitrogens with one attached hydrogen (secondary N) is 3. The van der Waals surface area contributed by atoms with Gasteiger partial charge in [-0.3, -0.25) is 20.7 Å². The molecule has 0 fully saturated rings. The van der Waals surface area contributed by atoms with Crippen LogP contribution in [-0.4, -0.2) is 52.3 Å². The number of para-hydroxylation sites is 2. The summed E-state index contributed by atoms with van der Waals surface area (Å²) in [6, 6.07) is 10.1. The van der Waals surface area contributed by atoms with E-state index in [-0.39, 0.29) is 17.5 Å². The lowest BCUT2D eigenvalue weighted by molar-refractivity contribution is -0.384. The van der Waals surface area contributed by atoms with Gasteiger partial charge < -0.3 is 24.8 Å². The highest BCUT2D eigenvalue weighted by atomic mass is 32.2. The van der Waals surface area contributed by atoms with Gasteiger partial charge in [-0.25, -0.2) is 4.98 Å². The summed E-state index contributed by atoms with van der Waals surface area (Å²) in [5.41, 5.74) is 3.82. The van der Waals surface area contributed by atoms with Crippen molar-refractivity contribution in [2.45, 2.75) is 0 Å². The van der Waals surface area contributed by atoms with Crippen molar-refractivity contribution < 1.29 is 24.3 Å². The highest BCUT2D eigenvalue weighted by molar-refractivity contribution is 7.96. The molecule has 3 rings (SSSR count). The van der Waals surface area contributed by atoms with E-state index in [9.17, 15) is 15.3 Å². The Balaban J connectivity index is 1.96. The van der Waals surface area contributed by atoms with Crippen LogP contribution in [0.25, 0.3) is 0 Å². The molecule has 4 N–H and O–H groups in total. The maximum Gasteiger partial charge on any atom is 0.329 e. The minimum Gasteiger partial charge on any atom is -0.493 e. The third-order valence-electron chi connectivity index (χ3n) is 4.46. The highest BCUT2D eigenvalue weighted by Crippen LogP contribution is 2.40. The van der Waals surface area contributed by atoms with Crippen molar-refractivity contribution in [2.24, 2.45) is 0 Å². The molecule has 0 aliphatic rings. The van der Waals surface area contributed by atoms with Crippen molar-refractivity contribution in [3.8, 4) is 17.2 Å². The molecule has 0 radical (unpaired) electrons. The Morgan fingerprint density at radius 3 is 2.26 bits per heavy atom. The van der Waals surface area contributed by atoms with Gasteiger partial charge in [0.05, 0.1) is 37.6 Å². The molecule has 3 aromatic rings. The summed E-state index contributed by atoms with van der Waals surface area (Å²) >= 11 is 1.03. The van der Waals surface area contributed by atoms with Gasteiger partial charge in [0.15, 0.2) is 11.5 Å². The second-order valence-electron chi connectivity index (χ2n) is 6.46. The van der Waals surface area contributed by atoms with Crippen LogP contribution >= 0.6 is 11.9 Å². The Morgan fingerprint density at radius 2 is 1.71 bits per heavy atom. The molecule has 0 saturated carbocycles. The Labute approximate surface area is 199 Å². The predicted octanol–water partition coefficient (Wildman–Crippen LogP) is 4.19. The van der Waals surface area contributed by atoms with Gasteiger partial charge in [0.25, 0.3) is 0 Å². The second kappa shape index (κ2) is 11.2. The average molecular weight is 490 g/mol. The maximum atomic E-state index is 11.6. The molecular weight excluding hydrogens is 466 g/mol. The smallest absolute Gasteiger partial charge is 0.329 e. The van der Waals surface area contributed by atoms with Gasteiger partial charge in [0, 0.05) is 24.1 Å². The third-order valence-corrected chi connectivity index (χ3v) is 4.89. The summed E-state index contributed by atoms with van der Waals surface area (Å²) in [5.74, 6) is 1.26. The molecule has 2 aromatic carbocycles. The van der Waals surface area contributed by atoms with Gasteiger partial charge in [-0.05, 0) is 28.7 Å². The van der Waals surface area contributed by atoms with E-state index in [2.05, 4.69) is 26.0 Å². The van der Waals surface area contributed by atoms with Gasteiger partial charge in [0.2, 0.25) is 17.5 Å². The number of methoxy groups -OCH3 is 3. The summed E-state index contributed by atoms with van der Waals surface area (Å²) in [7, 11) is 4.47. The fourth-order valence-corrected chi connectivity index (χ4v) is 3.10. The number of aromatic nitrogens is 2. The first kappa shape index (κ1) is 24.6. The number of hydrogen-bond donors (Lipinski definition) is 4. The Morgan fingerprint density at radius 1 is 1.06 bits per heavy atom. The van der Waals surface area contributed by atoms with Crippen LogP contribution in [0.5, 0.6) is 17.2 Å². The van der Waals surface area contributed by atoms with Crippen molar-refractivity contribution in [1.29, 1.82) is 0 Å². The molecule has 180 valence electrons. The van der Waals surface area contributed by atoms with Crippen LogP contribution in [0.1, 0.15) is 0 Å². The lowest BCUT2D eigenvalue weighted by atomic mass is 10.2. The van der Waals surface area contributed by atoms with E-state index in [0.717, 1.165) is 22.7 Å². The molecule has 0 aliphatic carbocycles. The van der Waals surface area contributed by atoms with Crippen molar-refractivity contribution in [3.63, 3.8) is 0 Å². The molecule has 1 heterocycles. The number of hydrazine groups is 1. The minimum atomic E-state index is -0.595. The van der Waals surface area contributed by atoms with Crippen LogP contribution in [0.3, 0.4) is 0 Å². The van der Waals surface area contributed by atoms with E-state index in [1.807, 2.05) is 0 Å². The molecule has 34 heavy (non-hydrogen) atoms. The average Bonchev–Trinajstić information content (AvgIpc) is 2.84. The van der Waals surface area contributed by atoms with Crippen molar-refractivity contribution in [1.82, 2.24) is 14.5 Å². The molecule has 0 amide bonds. The van der Waals surface area contributed by atoms with Crippen LogP contribution in [0, 0.1) is 10.1 Å². The standard InChI is InChI=1S/C20H23N7O6S/c1-31-16-9-12(10-17(32-2)18(16)33-3)22-20-21-11-15(26(28)29)19(24-20)23-13-7-5-6-8-14(13)25-27(30)34-4/h5-11,25,30H,1-4H3,(H2,21,22,23,24). The molecule has 13 nitrogen and oxygen atoms in total. The second-order valence-corrected chi connectivity index (χ2v) is 7.17. The van der Waals surface area contributed by atoms with Crippen LogP contribution in [0.4, 0.5) is 34.5 Å². The number of ether oxygens (including phenoxy) is 3. The number of hydrogen-bond acceptors (Lipinski definition) is 13. The normalized spacial score (nSPS) is 10.5. The summed E-state index contributed by atoms with van der Waals surface area (Å²) in [5, 5.41) is 27.3. The first-order valence-electron chi connectivity index (χ1n) is 9.64. The van der Waals surface area contributed by atoms with Crippen molar-refractivity contribution in [2.75, 3.05) is 43.6 Å². The van der Waals surface area contributed by atoms with E-state index in [0.29, 0.717) is 34.3 Å². The number of rotatable bonds is 11. The third kappa shape index (κ3) is 5.67. The Hall–Kier alpha value is -4.01. The van der Waals surface area contributed by atoms with Crippen molar-refractivity contribution in [3.05, 3.63) is 52.7 Å². The van der Waals surface area contributed by atoms with E-state index in [1.54, 1.807) is 42.7 Å². The molecular formula is C20H23N7O6S. The minimum absolute atomic E-state index is 0.0576. The van der Waals surface area contributed by atoms with Crippen LogP contribution in [0.2, 0.25) is 0 Å². The SMILES string of the molecule is COc1cc(Nc2ncc([N+](=O)[O-])c(Nc3ccccc3NN(O)SC)n2)cc(OC)c1OC.